The van der Waals surface area contributed by atoms with Crippen LogP contribution < -0.4 is 19.8 Å². The van der Waals surface area contributed by atoms with Gasteiger partial charge in [0, 0.05) is 28.1 Å². The Morgan fingerprint density at radius 3 is 2.61 bits per heavy atom. The number of furan rings is 1. The number of hydrogen-bond acceptors (Lipinski definition) is 5. The number of nitrogens with zero attached hydrogens (tertiary/aromatic N) is 1. The number of H-pyrrole nitrogens is 1. The number of halogens is 3. The lowest BCUT2D eigenvalue weighted by molar-refractivity contribution is -0.137. The van der Waals surface area contributed by atoms with Crippen LogP contribution >= 0.6 is 0 Å². The molecule has 0 aliphatic carbocycles. The second kappa shape index (κ2) is 8.17. The summed E-state index contributed by atoms with van der Waals surface area (Å²) in [5.41, 5.74) is 2.37. The van der Waals surface area contributed by atoms with Gasteiger partial charge >= 0.3 is 6.18 Å². The quantitative estimate of drug-likeness (QED) is 0.291. The van der Waals surface area contributed by atoms with Crippen molar-refractivity contribution in [2.45, 2.75) is 18.8 Å². The van der Waals surface area contributed by atoms with Gasteiger partial charge in [0.05, 0.1) is 23.8 Å². The summed E-state index contributed by atoms with van der Waals surface area (Å²) in [4.78, 5) is 18.9. The van der Waals surface area contributed by atoms with Crippen molar-refractivity contribution in [1.82, 2.24) is 4.98 Å². The lowest BCUT2D eigenvalue weighted by atomic mass is 10.0. The standard InChI is InChI=1S/C29H19F3N2O4/c30-29(31,32)18-5-3-4-16(12-18)22-10-11-25(38-22)34-14-20-26(33-21-7-2-1-6-19(21)28(20)35)27(34)17-8-9-23-24(13-17)37-15-36-23/h1-13,27H,14-15H2,(H,33,35)/t27-/m1/s1. The van der Waals surface area contributed by atoms with Crippen molar-refractivity contribution in [2.24, 2.45) is 0 Å². The second-order valence-corrected chi connectivity index (χ2v) is 9.25. The number of para-hydroxylation sites is 1. The zero-order chi connectivity index (χ0) is 26.0. The molecule has 6 nitrogen and oxygen atoms in total. The molecule has 2 aromatic heterocycles. The number of aromatic nitrogens is 1. The van der Waals surface area contributed by atoms with E-state index in [0.29, 0.717) is 45.2 Å². The van der Waals surface area contributed by atoms with E-state index in [-0.39, 0.29) is 18.8 Å². The molecule has 0 saturated heterocycles. The normalized spacial score (nSPS) is 16.3. The Labute approximate surface area is 213 Å². The molecule has 9 heteroatoms. The smallest absolute Gasteiger partial charge is 0.416 e. The number of alkyl halides is 3. The third-order valence-electron chi connectivity index (χ3n) is 7.02. The lowest BCUT2D eigenvalue weighted by Crippen LogP contribution is -2.22. The number of rotatable bonds is 3. The van der Waals surface area contributed by atoms with Crippen LogP contribution in [0.5, 0.6) is 11.5 Å². The van der Waals surface area contributed by atoms with Gasteiger partial charge in [0.25, 0.3) is 0 Å². The molecule has 2 aliphatic heterocycles. The molecule has 7 rings (SSSR count). The van der Waals surface area contributed by atoms with Gasteiger partial charge in [-0.1, -0.05) is 30.3 Å². The number of benzene rings is 3. The maximum absolute atomic E-state index is 13.5. The first-order chi connectivity index (χ1) is 18.4. The number of nitrogens with one attached hydrogen (secondary N) is 1. The highest BCUT2D eigenvalue weighted by molar-refractivity contribution is 5.80. The third-order valence-corrected chi connectivity index (χ3v) is 7.02. The summed E-state index contributed by atoms with van der Waals surface area (Å²) in [6.45, 7) is 0.383. The Kier molecular flexibility index (Phi) is 4.85. The van der Waals surface area contributed by atoms with Crippen molar-refractivity contribution >= 4 is 16.8 Å². The van der Waals surface area contributed by atoms with E-state index in [0.717, 1.165) is 23.4 Å². The lowest BCUT2D eigenvalue weighted by Gasteiger charge is -2.25. The minimum absolute atomic E-state index is 0.0766. The number of fused-ring (bicyclic) bond motifs is 3. The average molecular weight is 516 g/mol. The maximum atomic E-state index is 13.5. The van der Waals surface area contributed by atoms with Crippen LogP contribution in [0.2, 0.25) is 0 Å². The van der Waals surface area contributed by atoms with Crippen LogP contribution in [0.25, 0.3) is 22.2 Å². The fraction of sp³-hybridized carbons (Fsp3) is 0.138. The van der Waals surface area contributed by atoms with Crippen molar-refractivity contribution in [3.05, 3.63) is 111 Å². The second-order valence-electron chi connectivity index (χ2n) is 9.25. The fourth-order valence-corrected chi connectivity index (χ4v) is 5.22. The van der Waals surface area contributed by atoms with Gasteiger partial charge in [-0.05, 0) is 48.0 Å². The Morgan fingerprint density at radius 1 is 0.895 bits per heavy atom. The van der Waals surface area contributed by atoms with Crippen molar-refractivity contribution in [3.8, 4) is 22.8 Å². The van der Waals surface area contributed by atoms with Gasteiger partial charge < -0.3 is 23.8 Å². The first-order valence-corrected chi connectivity index (χ1v) is 11.9. The topological polar surface area (TPSA) is 67.7 Å². The Bertz CT molecular complexity index is 1770. The van der Waals surface area contributed by atoms with E-state index >= 15 is 0 Å². The van der Waals surface area contributed by atoms with Crippen LogP contribution in [0, 0.1) is 0 Å². The zero-order valence-corrected chi connectivity index (χ0v) is 19.7. The van der Waals surface area contributed by atoms with Crippen molar-refractivity contribution in [3.63, 3.8) is 0 Å². The summed E-state index contributed by atoms with van der Waals surface area (Å²) in [7, 11) is 0. The minimum Gasteiger partial charge on any atom is -0.454 e. The number of pyridine rings is 1. The van der Waals surface area contributed by atoms with Crippen molar-refractivity contribution in [1.29, 1.82) is 0 Å². The molecule has 0 spiro atoms. The van der Waals surface area contributed by atoms with E-state index in [4.69, 9.17) is 13.9 Å². The summed E-state index contributed by atoms with van der Waals surface area (Å²) >= 11 is 0. The molecule has 0 radical (unpaired) electrons. The molecule has 190 valence electrons. The largest absolute Gasteiger partial charge is 0.454 e. The highest BCUT2D eigenvalue weighted by Gasteiger charge is 2.37. The number of anilines is 1. The van der Waals surface area contributed by atoms with Gasteiger partial charge in [0.2, 0.25) is 6.79 Å². The summed E-state index contributed by atoms with van der Waals surface area (Å²) in [6, 6.07) is 20.9. The van der Waals surface area contributed by atoms with E-state index < -0.39 is 17.8 Å². The van der Waals surface area contributed by atoms with Crippen LogP contribution in [0.4, 0.5) is 19.1 Å². The van der Waals surface area contributed by atoms with E-state index in [1.54, 1.807) is 24.3 Å². The molecule has 0 unspecified atom stereocenters. The van der Waals surface area contributed by atoms with Gasteiger partial charge in [-0.2, -0.15) is 13.2 Å². The van der Waals surface area contributed by atoms with Crippen LogP contribution in [0.3, 0.4) is 0 Å². The number of aromatic amines is 1. The van der Waals surface area contributed by atoms with Crippen molar-refractivity contribution < 1.29 is 27.1 Å². The summed E-state index contributed by atoms with van der Waals surface area (Å²) in [5, 5.41) is 0.585. The molecule has 0 bridgehead atoms. The predicted octanol–water partition coefficient (Wildman–Crippen LogP) is 6.65. The van der Waals surface area contributed by atoms with Gasteiger partial charge in [-0.15, -0.1) is 0 Å². The maximum Gasteiger partial charge on any atom is 0.416 e. The molecular weight excluding hydrogens is 497 g/mol. The molecule has 1 atom stereocenters. The number of hydrogen-bond donors (Lipinski definition) is 1. The summed E-state index contributed by atoms with van der Waals surface area (Å²) < 4.78 is 57.0. The fourth-order valence-electron chi connectivity index (χ4n) is 5.22. The van der Waals surface area contributed by atoms with E-state index in [9.17, 15) is 18.0 Å². The molecule has 3 aromatic carbocycles. The molecule has 0 saturated carbocycles. The highest BCUT2D eigenvalue weighted by atomic mass is 19.4. The minimum atomic E-state index is -4.46. The molecule has 0 amide bonds. The zero-order valence-electron chi connectivity index (χ0n) is 19.7. The Hall–Kier alpha value is -4.66. The van der Waals surface area contributed by atoms with Gasteiger partial charge in [0.1, 0.15) is 5.76 Å². The van der Waals surface area contributed by atoms with Gasteiger partial charge in [-0.25, -0.2) is 0 Å². The first-order valence-electron chi connectivity index (χ1n) is 11.9. The summed E-state index contributed by atoms with van der Waals surface area (Å²) in [5.74, 6) is 1.95. The molecule has 38 heavy (non-hydrogen) atoms. The van der Waals surface area contributed by atoms with Gasteiger partial charge in [-0.3, -0.25) is 4.79 Å². The SMILES string of the molecule is O=c1c2c([nH]c3ccccc13)[C@@H](c1ccc3c(c1)OCO3)N(c1ccc(-c3cccc(C(F)(F)F)c3)o1)C2. The van der Waals surface area contributed by atoms with Crippen LogP contribution in [0.1, 0.15) is 28.4 Å². The Morgan fingerprint density at radius 2 is 1.74 bits per heavy atom. The molecular formula is C29H19F3N2O4. The van der Waals surface area contributed by atoms with Gasteiger partial charge in [0.15, 0.2) is 22.8 Å². The molecule has 4 heterocycles. The number of ether oxygens (including phenoxy) is 2. The molecule has 0 fully saturated rings. The molecule has 5 aromatic rings. The predicted molar refractivity (Wildman–Crippen MR) is 134 cm³/mol. The van der Waals surface area contributed by atoms with Crippen LogP contribution in [0.15, 0.2) is 88.1 Å². The molecule has 2 aliphatic rings. The highest BCUT2D eigenvalue weighted by Crippen LogP contribution is 2.44. The van der Waals surface area contributed by atoms with E-state index in [2.05, 4.69) is 4.98 Å². The monoisotopic (exact) mass is 516 g/mol. The summed E-state index contributed by atoms with van der Waals surface area (Å²) in [6.07, 6.45) is -4.46. The first kappa shape index (κ1) is 22.5. The van der Waals surface area contributed by atoms with Crippen molar-refractivity contribution in [2.75, 3.05) is 11.7 Å². The van der Waals surface area contributed by atoms with Crippen LogP contribution in [-0.4, -0.2) is 11.8 Å². The Balaban J connectivity index is 1.36. The molecule has 1 N–H and O–H groups in total. The van der Waals surface area contributed by atoms with Crippen LogP contribution in [-0.2, 0) is 12.7 Å². The van der Waals surface area contributed by atoms with E-state index in [1.165, 1.54) is 6.07 Å². The third kappa shape index (κ3) is 3.53. The average Bonchev–Trinajstić information content (AvgIpc) is 3.66. The van der Waals surface area contributed by atoms with E-state index in [1.807, 2.05) is 41.3 Å².